The van der Waals surface area contributed by atoms with E-state index in [1.165, 1.54) is 0 Å². The van der Waals surface area contributed by atoms with E-state index in [0.29, 0.717) is 69.8 Å². The number of carbonyl (C=O) groups excluding carboxylic acids is 11. The van der Waals surface area contributed by atoms with Crippen LogP contribution in [0.1, 0.15) is 176 Å². The van der Waals surface area contributed by atoms with Gasteiger partial charge in [-0.05, 0) is 178 Å². The number of amides is 11. The van der Waals surface area contributed by atoms with E-state index in [1.54, 1.807) is 44.2 Å². The number of primary amides is 1. The van der Waals surface area contributed by atoms with Gasteiger partial charge in [-0.15, -0.1) is 0 Å². The minimum atomic E-state index is -1.50. The third-order valence-corrected chi connectivity index (χ3v) is 15.1. The monoisotopic (exact) mass is 1250 g/mol. The molecule has 1 saturated heterocycles. The summed E-state index contributed by atoms with van der Waals surface area (Å²) in [6, 6.07) is -4.30. The second-order valence-corrected chi connectivity index (χ2v) is 24.6. The molecule has 1 heterocycles. The number of carbonyl (C=O) groups is 11. The van der Waals surface area contributed by atoms with Gasteiger partial charge in [0.25, 0.3) is 0 Å². The van der Waals surface area contributed by atoms with Crippen LogP contribution >= 0.6 is 0 Å². The molecule has 2 rings (SSSR count). The fraction of sp³-hybridized carbons (Fsp3) is 0.726. The fourth-order valence-corrected chi connectivity index (χ4v) is 10.3. The minimum absolute atomic E-state index is 0.0154. The van der Waals surface area contributed by atoms with Crippen molar-refractivity contribution in [1.29, 1.82) is 0 Å². The molecule has 0 unspecified atom stereocenters. The summed E-state index contributed by atoms with van der Waals surface area (Å²) < 4.78 is 0. The Bertz CT molecular complexity index is 2370. The molecule has 0 bridgehead atoms. The second kappa shape index (κ2) is 43.8. The van der Waals surface area contributed by atoms with E-state index in [4.69, 9.17) is 34.4 Å². The Kier molecular flexibility index (Phi) is 38.5. The van der Waals surface area contributed by atoms with Gasteiger partial charge in [0.15, 0.2) is 0 Å². The van der Waals surface area contributed by atoms with E-state index >= 15 is 0 Å². The molecule has 1 aromatic rings. The van der Waals surface area contributed by atoms with Crippen LogP contribution in [0, 0.1) is 17.8 Å². The van der Waals surface area contributed by atoms with Crippen LogP contribution in [0.5, 0.6) is 0 Å². The lowest BCUT2D eigenvalue weighted by atomic mass is 9.99. The Balaban J connectivity index is 3.01. The van der Waals surface area contributed by atoms with Gasteiger partial charge in [0.05, 0.1) is 0 Å². The third kappa shape index (κ3) is 31.5. The molecule has 0 aliphatic carbocycles. The van der Waals surface area contributed by atoms with Gasteiger partial charge in [-0.2, -0.15) is 0 Å². The summed E-state index contributed by atoms with van der Waals surface area (Å²) in [7, 11) is 0. The number of nitrogens with two attached hydrogens (primary N) is 6. The van der Waals surface area contributed by atoms with E-state index < -0.39 is 125 Å². The number of unbranched alkanes of at least 4 members (excludes halogenated alkanes) is 5. The van der Waals surface area contributed by atoms with Crippen molar-refractivity contribution in [2.24, 2.45) is 52.2 Å². The van der Waals surface area contributed by atoms with E-state index in [1.807, 2.05) is 27.7 Å². The zero-order chi connectivity index (χ0) is 66.4. The summed E-state index contributed by atoms with van der Waals surface area (Å²) in [6.07, 6.45) is 3.81. The maximum Gasteiger partial charge on any atom is 0.243 e. The van der Waals surface area contributed by atoms with Crippen molar-refractivity contribution in [2.45, 2.75) is 237 Å². The van der Waals surface area contributed by atoms with Crippen LogP contribution in [-0.4, -0.2) is 158 Å². The molecule has 0 radical (unpaired) electrons. The molecule has 27 heteroatoms. The molecule has 1 aliphatic heterocycles. The largest absolute Gasteiger partial charge is 0.370 e. The van der Waals surface area contributed by atoms with Crippen molar-refractivity contribution < 1.29 is 52.7 Å². The lowest BCUT2D eigenvalue weighted by molar-refractivity contribution is -0.137. The Hall–Kier alpha value is -6.81. The van der Waals surface area contributed by atoms with Crippen molar-refractivity contribution in [2.75, 3.05) is 32.7 Å². The smallest absolute Gasteiger partial charge is 0.243 e. The average Bonchev–Trinajstić information content (AvgIpc) is 3.61. The SMILES string of the molecule is CC(C)C[C@@H]1NC(=O)[C@H](CCCCN)NC(=O)[C@H](CC(C)C)NC(=O)[C@H](CCC(N)=O)NC(=O)[C@H](CCCCN)NC(=O)[C@H](CCCCN)NC(=O)[C@H](CC(C)C)NC(=O)[C@H](Cc2ccccc2)NC(=O)[C@H](CCCCN)NC(=O)[C@H](CCCCN)NC1=O. The summed E-state index contributed by atoms with van der Waals surface area (Å²) in [5.74, 6) is -9.14. The lowest BCUT2D eigenvalue weighted by Gasteiger charge is -2.30. The van der Waals surface area contributed by atoms with Gasteiger partial charge in [-0.1, -0.05) is 71.9 Å². The first-order chi connectivity index (χ1) is 42.4. The Morgan fingerprint density at radius 2 is 0.539 bits per heavy atom. The van der Waals surface area contributed by atoms with Crippen molar-refractivity contribution >= 4 is 65.0 Å². The molecule has 22 N–H and O–H groups in total. The average molecular weight is 1260 g/mol. The van der Waals surface area contributed by atoms with Gasteiger partial charge in [-0.3, -0.25) is 52.7 Å². The molecule has 1 fully saturated rings. The summed E-state index contributed by atoms with van der Waals surface area (Å²) in [5, 5.41) is 27.9. The van der Waals surface area contributed by atoms with Crippen LogP contribution in [0.25, 0.3) is 0 Å². The molecule has 11 amide bonds. The Morgan fingerprint density at radius 3 is 0.775 bits per heavy atom. The van der Waals surface area contributed by atoms with Gasteiger partial charge in [0.2, 0.25) is 65.0 Å². The Labute approximate surface area is 526 Å². The standard InChI is InChI=1S/C62H110N16O11/c1-38(2)34-48-59(86)71-44(24-12-17-31-65)54(81)70-45(25-13-18-32-66)57(84)78-51(37-41-20-8-7-9-21-41)62(89)77-50(36-40(5)6)61(88)72-43(23-11-16-30-64)53(80)69-42(22-10-15-29-63)55(82)74-47(27-28-52(68)79)58(85)76-49(35-39(3)4)60(87)73-46(56(83)75-48)26-14-19-33-67/h7-9,20-21,38-40,42-51H,10-19,22-37,63-67H2,1-6H3,(H2,68,79)(H,69,80)(H,70,81)(H,71,86)(H,72,88)(H,73,87)(H,74,82)(H,75,83)(H,76,85)(H,77,89)(H,78,84)/t42-,43-,44-,45-,46-,47-,48-,49-,50-,51-/m0/s1. The molecule has 504 valence electrons. The normalized spacial score (nSPS) is 23.9. The third-order valence-electron chi connectivity index (χ3n) is 15.1. The first kappa shape index (κ1) is 78.3. The minimum Gasteiger partial charge on any atom is -0.370 e. The molecular weight excluding hydrogens is 1140 g/mol. The number of hydrogen-bond acceptors (Lipinski definition) is 16. The zero-order valence-electron chi connectivity index (χ0n) is 53.7. The van der Waals surface area contributed by atoms with Gasteiger partial charge >= 0.3 is 0 Å². The molecule has 10 atom stereocenters. The summed E-state index contributed by atoms with van der Waals surface area (Å²) >= 11 is 0. The fourth-order valence-electron chi connectivity index (χ4n) is 10.3. The lowest BCUT2D eigenvalue weighted by Crippen LogP contribution is -2.61. The predicted octanol–water partition coefficient (Wildman–Crippen LogP) is -0.861. The highest BCUT2D eigenvalue weighted by atomic mass is 16.2. The van der Waals surface area contributed by atoms with Crippen LogP contribution in [0.15, 0.2) is 30.3 Å². The molecule has 27 nitrogen and oxygen atoms in total. The second-order valence-electron chi connectivity index (χ2n) is 24.6. The predicted molar refractivity (Wildman–Crippen MR) is 341 cm³/mol. The first-order valence-corrected chi connectivity index (χ1v) is 32.2. The maximum atomic E-state index is 14.8. The molecule has 89 heavy (non-hydrogen) atoms. The quantitative estimate of drug-likeness (QED) is 0.0402. The van der Waals surface area contributed by atoms with Gasteiger partial charge in [-0.25, -0.2) is 0 Å². The summed E-state index contributed by atoms with van der Waals surface area (Å²) in [4.78, 5) is 158. The van der Waals surface area contributed by atoms with Crippen molar-refractivity contribution in [3.05, 3.63) is 35.9 Å². The number of nitrogens with one attached hydrogen (secondary N) is 10. The van der Waals surface area contributed by atoms with Gasteiger partial charge in [0, 0.05) is 12.8 Å². The number of hydrogen-bond donors (Lipinski definition) is 16. The van der Waals surface area contributed by atoms with E-state index in [0.717, 1.165) is 0 Å². The number of rotatable bonds is 31. The highest BCUT2D eigenvalue weighted by molar-refractivity contribution is 5.99. The first-order valence-electron chi connectivity index (χ1n) is 32.2. The highest BCUT2D eigenvalue weighted by Gasteiger charge is 2.37. The van der Waals surface area contributed by atoms with E-state index in [2.05, 4.69) is 53.2 Å². The van der Waals surface area contributed by atoms with E-state index in [9.17, 15) is 52.7 Å². The highest BCUT2D eigenvalue weighted by Crippen LogP contribution is 2.16. The van der Waals surface area contributed by atoms with Gasteiger partial charge in [0.1, 0.15) is 60.4 Å². The molecule has 0 spiro atoms. The van der Waals surface area contributed by atoms with Crippen LogP contribution < -0.4 is 87.6 Å². The summed E-state index contributed by atoms with van der Waals surface area (Å²) in [6.45, 7) is 12.3. The summed E-state index contributed by atoms with van der Waals surface area (Å²) in [5.41, 5.74) is 35.5. The maximum absolute atomic E-state index is 14.8. The van der Waals surface area contributed by atoms with Crippen LogP contribution in [-0.2, 0) is 59.2 Å². The zero-order valence-corrected chi connectivity index (χ0v) is 53.7. The van der Waals surface area contributed by atoms with Crippen molar-refractivity contribution in [3.8, 4) is 0 Å². The topological polar surface area (TPSA) is 464 Å². The Morgan fingerprint density at radius 1 is 0.326 bits per heavy atom. The molecular formula is C62H110N16O11. The number of benzene rings is 1. The molecule has 0 saturated carbocycles. The molecule has 0 aromatic heterocycles. The van der Waals surface area contributed by atoms with Crippen LogP contribution in [0.4, 0.5) is 0 Å². The van der Waals surface area contributed by atoms with Crippen LogP contribution in [0.3, 0.4) is 0 Å². The van der Waals surface area contributed by atoms with Crippen molar-refractivity contribution in [1.82, 2.24) is 53.2 Å². The van der Waals surface area contributed by atoms with E-state index in [-0.39, 0.29) is 121 Å². The molecule has 1 aliphatic rings. The molecule has 1 aromatic carbocycles. The van der Waals surface area contributed by atoms with Gasteiger partial charge < -0.3 is 87.6 Å². The van der Waals surface area contributed by atoms with Crippen molar-refractivity contribution in [3.63, 3.8) is 0 Å². The van der Waals surface area contributed by atoms with Crippen LogP contribution in [0.2, 0.25) is 0 Å².